The van der Waals surface area contributed by atoms with E-state index < -0.39 is 22.0 Å². The third-order valence-electron chi connectivity index (χ3n) is 6.16. The highest BCUT2D eigenvalue weighted by atomic mass is 32.2. The van der Waals surface area contributed by atoms with Crippen molar-refractivity contribution in [3.63, 3.8) is 0 Å². The normalized spacial score (nSPS) is 12.5. The largest absolute Gasteiger partial charge is 0.381 e. The number of carbonyl (C=O) groups is 1. The van der Waals surface area contributed by atoms with Gasteiger partial charge in [0.1, 0.15) is 5.56 Å². The van der Waals surface area contributed by atoms with Crippen molar-refractivity contribution < 1.29 is 13.2 Å². The second-order valence-corrected chi connectivity index (χ2v) is 10.7. The van der Waals surface area contributed by atoms with Crippen LogP contribution in [0.5, 0.6) is 0 Å². The van der Waals surface area contributed by atoms with Gasteiger partial charge in [-0.15, -0.1) is 5.10 Å². The van der Waals surface area contributed by atoms with Crippen molar-refractivity contribution in [3.05, 3.63) is 94.2 Å². The Kier molecular flexibility index (Phi) is 6.11. The summed E-state index contributed by atoms with van der Waals surface area (Å²) in [7, 11) is -3.64. The fraction of sp³-hybridized carbons (Fsp3) is 0.154. The molecule has 0 aliphatic heterocycles. The predicted octanol–water partition coefficient (Wildman–Crippen LogP) is 2.79. The third-order valence-corrected chi connectivity index (χ3v) is 6.76. The van der Waals surface area contributed by atoms with Gasteiger partial charge in [0.2, 0.25) is 10.0 Å². The number of aryl methyl sites for hydroxylation is 1. The van der Waals surface area contributed by atoms with E-state index in [0.717, 1.165) is 11.8 Å². The number of nitrogens with zero attached hydrogens (tertiary/aromatic N) is 4. The van der Waals surface area contributed by atoms with Gasteiger partial charge in [-0.25, -0.2) is 17.9 Å². The maximum atomic E-state index is 14.0. The molecule has 0 unspecified atom stereocenters. The number of hydrogen-bond donors (Lipinski definition) is 3. The maximum Gasteiger partial charge on any atom is 0.263 e. The SMILES string of the molecule is Cc1cccc2cc([C@H](C)NC(=O)c3c(N)nn4cccnc34)n(-c3ccccc3NS(C)(=O)=O)c(=O)c12. The molecule has 0 radical (unpaired) electrons. The van der Waals surface area contributed by atoms with Crippen LogP contribution in [0, 0.1) is 6.92 Å². The molecule has 194 valence electrons. The van der Waals surface area contributed by atoms with Gasteiger partial charge >= 0.3 is 0 Å². The molecule has 0 aliphatic carbocycles. The highest BCUT2D eigenvalue weighted by Gasteiger charge is 2.24. The van der Waals surface area contributed by atoms with Gasteiger partial charge in [0.05, 0.1) is 29.1 Å². The minimum atomic E-state index is -3.64. The van der Waals surface area contributed by atoms with Crippen LogP contribution in [0.15, 0.2) is 71.8 Å². The third kappa shape index (κ3) is 4.45. The number of carbonyl (C=O) groups excluding carboxylic acids is 1. The second kappa shape index (κ2) is 9.30. The van der Waals surface area contributed by atoms with Crippen molar-refractivity contribution in [3.8, 4) is 5.69 Å². The van der Waals surface area contributed by atoms with E-state index in [9.17, 15) is 18.0 Å². The van der Waals surface area contributed by atoms with Crippen molar-refractivity contribution in [1.29, 1.82) is 0 Å². The summed E-state index contributed by atoms with van der Waals surface area (Å²) in [6.07, 6.45) is 4.20. The number of pyridine rings is 1. The summed E-state index contributed by atoms with van der Waals surface area (Å²) < 4.78 is 29.5. The summed E-state index contributed by atoms with van der Waals surface area (Å²) >= 11 is 0. The minimum Gasteiger partial charge on any atom is -0.381 e. The highest BCUT2D eigenvalue weighted by Crippen LogP contribution is 2.28. The van der Waals surface area contributed by atoms with Crippen LogP contribution in [-0.4, -0.2) is 39.7 Å². The van der Waals surface area contributed by atoms with Crippen LogP contribution in [0.1, 0.15) is 34.6 Å². The van der Waals surface area contributed by atoms with E-state index in [1.165, 1.54) is 15.3 Å². The van der Waals surface area contributed by atoms with E-state index in [1.807, 2.05) is 31.2 Å². The minimum absolute atomic E-state index is 0.0163. The summed E-state index contributed by atoms with van der Waals surface area (Å²) in [5, 5.41) is 8.22. The molecule has 5 rings (SSSR count). The smallest absolute Gasteiger partial charge is 0.263 e. The van der Waals surface area contributed by atoms with Crippen LogP contribution < -0.4 is 21.3 Å². The summed E-state index contributed by atoms with van der Waals surface area (Å²) in [4.78, 5) is 31.5. The zero-order valence-corrected chi connectivity index (χ0v) is 21.7. The zero-order chi connectivity index (χ0) is 27.2. The number of benzene rings is 2. The topological polar surface area (TPSA) is 153 Å². The van der Waals surface area contributed by atoms with Gasteiger partial charge in [-0.3, -0.25) is 18.9 Å². The lowest BCUT2D eigenvalue weighted by Gasteiger charge is -2.23. The van der Waals surface area contributed by atoms with Gasteiger partial charge in [-0.05, 0) is 49.1 Å². The fourth-order valence-electron chi connectivity index (χ4n) is 4.54. The van der Waals surface area contributed by atoms with Gasteiger partial charge < -0.3 is 11.1 Å². The quantitative estimate of drug-likeness (QED) is 0.304. The van der Waals surface area contributed by atoms with Gasteiger partial charge in [-0.1, -0.05) is 30.3 Å². The van der Waals surface area contributed by atoms with Crippen molar-refractivity contribution in [2.75, 3.05) is 16.7 Å². The Bertz CT molecular complexity index is 1890. The Morgan fingerprint density at radius 3 is 2.63 bits per heavy atom. The molecular formula is C26H25N7O4S. The molecule has 0 aliphatic rings. The number of nitrogens with two attached hydrogens (primary N) is 1. The second-order valence-electron chi connectivity index (χ2n) is 8.98. The van der Waals surface area contributed by atoms with Crippen LogP contribution in [0.3, 0.4) is 0 Å². The van der Waals surface area contributed by atoms with Gasteiger partial charge in [0.15, 0.2) is 11.5 Å². The summed E-state index contributed by atoms with van der Waals surface area (Å²) in [6.45, 7) is 3.56. The van der Waals surface area contributed by atoms with Crippen LogP contribution in [-0.2, 0) is 10.0 Å². The van der Waals surface area contributed by atoms with Crippen LogP contribution >= 0.6 is 0 Å². The molecule has 4 N–H and O–H groups in total. The summed E-state index contributed by atoms with van der Waals surface area (Å²) in [6, 6.07) is 14.9. The average Bonchev–Trinajstić information content (AvgIpc) is 3.19. The lowest BCUT2D eigenvalue weighted by atomic mass is 10.0. The highest BCUT2D eigenvalue weighted by molar-refractivity contribution is 7.92. The molecule has 2 aromatic carbocycles. The number of nitrogens with one attached hydrogen (secondary N) is 2. The Hall–Kier alpha value is -4.71. The number of nitrogen functional groups attached to an aromatic ring is 1. The molecule has 11 nitrogen and oxygen atoms in total. The first kappa shape index (κ1) is 25.0. The number of aromatic nitrogens is 4. The van der Waals surface area contributed by atoms with E-state index in [0.29, 0.717) is 27.8 Å². The van der Waals surface area contributed by atoms with Crippen molar-refractivity contribution in [2.45, 2.75) is 19.9 Å². The molecule has 5 aromatic rings. The van der Waals surface area contributed by atoms with Crippen molar-refractivity contribution in [1.82, 2.24) is 24.5 Å². The molecule has 0 fully saturated rings. The van der Waals surface area contributed by atoms with Crippen molar-refractivity contribution in [2.24, 2.45) is 0 Å². The fourth-order valence-corrected chi connectivity index (χ4v) is 5.11. The lowest BCUT2D eigenvalue weighted by Crippen LogP contribution is -2.33. The molecule has 1 amide bonds. The Morgan fingerprint density at radius 2 is 1.87 bits per heavy atom. The van der Waals surface area contributed by atoms with Gasteiger partial charge in [-0.2, -0.15) is 0 Å². The molecule has 12 heteroatoms. The standard InChI is InChI=1S/C26H25N7O4S/c1-15-8-6-9-17-14-20(16(2)29-25(34)22-23(27)30-32-13-7-12-28-24(22)32)33(26(35)21(15)17)19-11-5-4-10-18(19)31-38(3,36)37/h4-14,16,31H,1-3H3,(H2,27,30)(H,29,34)/t16-/m0/s1. The molecule has 1 atom stereocenters. The maximum absolute atomic E-state index is 14.0. The first-order valence-electron chi connectivity index (χ1n) is 11.7. The number of anilines is 2. The van der Waals surface area contributed by atoms with E-state index >= 15 is 0 Å². The van der Waals surface area contributed by atoms with E-state index in [2.05, 4.69) is 20.1 Å². The van der Waals surface area contributed by atoms with Crippen LogP contribution in [0.4, 0.5) is 11.5 Å². The van der Waals surface area contributed by atoms with Gasteiger partial charge in [0, 0.05) is 18.1 Å². The molecule has 3 aromatic heterocycles. The summed E-state index contributed by atoms with van der Waals surface area (Å²) in [5.41, 5.74) is 7.84. The van der Waals surface area contributed by atoms with E-state index in [-0.39, 0.29) is 22.6 Å². The number of para-hydroxylation sites is 2. The van der Waals surface area contributed by atoms with Gasteiger partial charge in [0.25, 0.3) is 11.5 Å². The monoisotopic (exact) mass is 531 g/mol. The van der Waals surface area contributed by atoms with Crippen molar-refractivity contribution >= 4 is 43.9 Å². The number of fused-ring (bicyclic) bond motifs is 2. The Morgan fingerprint density at radius 1 is 1.11 bits per heavy atom. The Labute approximate surface area is 218 Å². The first-order chi connectivity index (χ1) is 18.0. The van der Waals surface area contributed by atoms with E-state index in [1.54, 1.807) is 43.5 Å². The summed E-state index contributed by atoms with van der Waals surface area (Å²) in [5.74, 6) is -0.503. The van der Waals surface area contributed by atoms with E-state index in [4.69, 9.17) is 5.73 Å². The molecule has 38 heavy (non-hydrogen) atoms. The number of rotatable bonds is 6. The molecule has 0 spiro atoms. The predicted molar refractivity (Wildman–Crippen MR) is 146 cm³/mol. The lowest BCUT2D eigenvalue weighted by molar-refractivity contribution is 0.0941. The zero-order valence-electron chi connectivity index (χ0n) is 20.8. The van der Waals surface area contributed by atoms with Crippen LogP contribution in [0.25, 0.3) is 22.1 Å². The average molecular weight is 532 g/mol. The van der Waals surface area contributed by atoms with Crippen LogP contribution in [0.2, 0.25) is 0 Å². The number of sulfonamides is 1. The molecule has 0 saturated carbocycles. The number of amides is 1. The molecular weight excluding hydrogens is 506 g/mol. The first-order valence-corrected chi connectivity index (χ1v) is 13.6. The molecule has 0 bridgehead atoms. The molecule has 0 saturated heterocycles. The number of hydrogen-bond acceptors (Lipinski definition) is 7. The Balaban J connectivity index is 1.69. The molecule has 3 heterocycles.